The quantitative estimate of drug-likeness (QED) is 0.424. The van der Waals surface area contributed by atoms with Gasteiger partial charge in [-0.1, -0.05) is 48.4 Å². The van der Waals surface area contributed by atoms with Gasteiger partial charge in [-0.25, -0.2) is 8.42 Å². The number of carbonyl (C=O) groups excluding carboxylic acids is 2. The van der Waals surface area contributed by atoms with Crippen LogP contribution in [-0.2, 0) is 10.0 Å². The number of rotatable bonds is 8. The molecule has 3 rings (SSSR count). The van der Waals surface area contributed by atoms with Crippen LogP contribution in [-0.4, -0.2) is 26.8 Å². The van der Waals surface area contributed by atoms with E-state index in [1.54, 1.807) is 36.4 Å². The largest absolute Gasteiger partial charge is 0.352 e. The Morgan fingerprint density at radius 2 is 1.61 bits per heavy atom. The number of nitrogens with one attached hydrogen (secondary N) is 3. The van der Waals surface area contributed by atoms with Crippen LogP contribution in [0.3, 0.4) is 0 Å². The smallest absolute Gasteiger partial charge is 0.261 e. The van der Waals surface area contributed by atoms with E-state index in [1.807, 2.05) is 13.8 Å². The SMILES string of the molecule is CCCNC(=O)c1ccccc1NC(=O)c1ccc(NS(=O)(=O)c2ccc(C)cc2)c(Cl)c1. The first-order chi connectivity index (χ1) is 15.7. The maximum absolute atomic E-state index is 12.8. The Bertz CT molecular complexity index is 1280. The Morgan fingerprint density at radius 3 is 2.27 bits per heavy atom. The number of hydrogen-bond donors (Lipinski definition) is 3. The average Bonchev–Trinajstić information content (AvgIpc) is 2.79. The zero-order chi connectivity index (χ0) is 24.0. The third-order valence-electron chi connectivity index (χ3n) is 4.76. The molecule has 0 aliphatic carbocycles. The molecule has 0 aliphatic rings. The molecule has 7 nitrogen and oxygen atoms in total. The van der Waals surface area contributed by atoms with Gasteiger partial charge in [-0.05, 0) is 55.8 Å². The first-order valence-electron chi connectivity index (χ1n) is 10.3. The second kappa shape index (κ2) is 10.5. The minimum Gasteiger partial charge on any atom is -0.352 e. The molecule has 0 fully saturated rings. The summed E-state index contributed by atoms with van der Waals surface area (Å²) in [5.74, 6) is -0.771. The maximum Gasteiger partial charge on any atom is 0.261 e. The van der Waals surface area contributed by atoms with E-state index in [0.717, 1.165) is 12.0 Å². The summed E-state index contributed by atoms with van der Waals surface area (Å²) in [5.41, 5.74) is 1.99. The number of aryl methyl sites for hydroxylation is 1. The van der Waals surface area contributed by atoms with Crippen molar-refractivity contribution in [3.63, 3.8) is 0 Å². The summed E-state index contributed by atoms with van der Waals surface area (Å²) in [7, 11) is -3.84. The molecule has 0 saturated carbocycles. The standard InChI is InChI=1S/C24H24ClN3O4S/c1-3-14-26-24(30)19-6-4-5-7-21(19)27-23(29)17-10-13-22(20(25)15-17)28-33(31,32)18-11-8-16(2)9-12-18/h4-13,15,28H,3,14H2,1-2H3,(H,26,30)(H,27,29). The highest BCUT2D eigenvalue weighted by Gasteiger charge is 2.18. The summed E-state index contributed by atoms with van der Waals surface area (Å²) in [4.78, 5) is 25.2. The van der Waals surface area contributed by atoms with Crippen molar-refractivity contribution >= 4 is 44.8 Å². The first kappa shape index (κ1) is 24.3. The van der Waals surface area contributed by atoms with Crippen molar-refractivity contribution in [2.45, 2.75) is 25.2 Å². The molecule has 0 bridgehead atoms. The predicted molar refractivity (Wildman–Crippen MR) is 130 cm³/mol. The number of hydrogen-bond acceptors (Lipinski definition) is 4. The second-order valence-electron chi connectivity index (χ2n) is 7.37. The van der Waals surface area contributed by atoms with Gasteiger partial charge in [-0.2, -0.15) is 0 Å². The van der Waals surface area contributed by atoms with E-state index in [0.29, 0.717) is 17.8 Å². The van der Waals surface area contributed by atoms with Crippen molar-refractivity contribution in [2.75, 3.05) is 16.6 Å². The fourth-order valence-corrected chi connectivity index (χ4v) is 4.34. The molecule has 0 saturated heterocycles. The van der Waals surface area contributed by atoms with Crippen molar-refractivity contribution in [2.24, 2.45) is 0 Å². The summed E-state index contributed by atoms with van der Waals surface area (Å²) >= 11 is 6.26. The van der Waals surface area contributed by atoms with Crippen LogP contribution in [0.5, 0.6) is 0 Å². The molecule has 0 aromatic heterocycles. The van der Waals surface area contributed by atoms with Gasteiger partial charge in [0, 0.05) is 12.1 Å². The maximum atomic E-state index is 12.8. The second-order valence-corrected chi connectivity index (χ2v) is 9.46. The van der Waals surface area contributed by atoms with Crippen molar-refractivity contribution in [3.8, 4) is 0 Å². The number of carbonyl (C=O) groups is 2. The van der Waals surface area contributed by atoms with Gasteiger partial charge >= 0.3 is 0 Å². The van der Waals surface area contributed by atoms with Gasteiger partial charge < -0.3 is 10.6 Å². The van der Waals surface area contributed by atoms with Crippen LogP contribution in [0, 0.1) is 6.92 Å². The van der Waals surface area contributed by atoms with Gasteiger partial charge in [0.2, 0.25) is 0 Å². The van der Waals surface area contributed by atoms with E-state index in [9.17, 15) is 18.0 Å². The van der Waals surface area contributed by atoms with E-state index in [4.69, 9.17) is 11.6 Å². The lowest BCUT2D eigenvalue weighted by Gasteiger charge is -2.13. The third-order valence-corrected chi connectivity index (χ3v) is 6.46. The monoisotopic (exact) mass is 485 g/mol. The highest BCUT2D eigenvalue weighted by molar-refractivity contribution is 7.92. The molecule has 3 aromatic rings. The number of para-hydroxylation sites is 1. The summed E-state index contributed by atoms with van der Waals surface area (Å²) in [6.07, 6.45) is 0.790. The Balaban J connectivity index is 1.77. The molecular weight excluding hydrogens is 462 g/mol. The normalized spacial score (nSPS) is 11.0. The Kier molecular flexibility index (Phi) is 7.73. The van der Waals surface area contributed by atoms with Crippen molar-refractivity contribution in [1.29, 1.82) is 0 Å². The summed E-state index contributed by atoms with van der Waals surface area (Å²) in [6, 6.07) is 17.3. The molecule has 0 unspecified atom stereocenters. The minimum absolute atomic E-state index is 0.0623. The zero-order valence-electron chi connectivity index (χ0n) is 18.2. The predicted octanol–water partition coefficient (Wildman–Crippen LogP) is 4.84. The van der Waals surface area contributed by atoms with Crippen LogP contribution < -0.4 is 15.4 Å². The van der Waals surface area contributed by atoms with Gasteiger partial charge in [0.05, 0.1) is 26.9 Å². The number of benzene rings is 3. The Hall–Kier alpha value is -3.36. The van der Waals surface area contributed by atoms with E-state index in [-0.39, 0.29) is 27.1 Å². The minimum atomic E-state index is -3.84. The topological polar surface area (TPSA) is 104 Å². The van der Waals surface area contributed by atoms with Gasteiger partial charge in [0.1, 0.15) is 0 Å². The highest BCUT2D eigenvalue weighted by Crippen LogP contribution is 2.27. The van der Waals surface area contributed by atoms with Crippen LogP contribution in [0.1, 0.15) is 39.6 Å². The summed E-state index contributed by atoms with van der Waals surface area (Å²) in [6.45, 7) is 4.33. The van der Waals surface area contributed by atoms with Gasteiger partial charge in [0.15, 0.2) is 0 Å². The molecule has 33 heavy (non-hydrogen) atoms. The van der Waals surface area contributed by atoms with Gasteiger partial charge in [-0.3, -0.25) is 14.3 Å². The molecule has 2 amide bonds. The molecule has 3 aromatic carbocycles. The lowest BCUT2D eigenvalue weighted by molar-refractivity contribution is 0.0954. The number of halogens is 1. The Labute approximate surface area is 198 Å². The van der Waals surface area contributed by atoms with Crippen LogP contribution >= 0.6 is 11.6 Å². The van der Waals surface area contributed by atoms with Gasteiger partial charge in [-0.15, -0.1) is 0 Å². The molecule has 0 radical (unpaired) electrons. The lowest BCUT2D eigenvalue weighted by Crippen LogP contribution is -2.25. The molecule has 3 N–H and O–H groups in total. The highest BCUT2D eigenvalue weighted by atomic mass is 35.5. The summed E-state index contributed by atoms with van der Waals surface area (Å²) in [5, 5.41) is 5.56. The average molecular weight is 486 g/mol. The molecule has 0 aliphatic heterocycles. The number of anilines is 2. The van der Waals surface area contributed by atoms with Crippen LogP contribution in [0.2, 0.25) is 5.02 Å². The van der Waals surface area contributed by atoms with E-state index < -0.39 is 15.9 Å². The van der Waals surface area contributed by atoms with Gasteiger partial charge in [0.25, 0.3) is 21.8 Å². The number of amides is 2. The molecule has 172 valence electrons. The first-order valence-corrected chi connectivity index (χ1v) is 12.1. The summed E-state index contributed by atoms with van der Waals surface area (Å²) < 4.78 is 27.7. The molecule has 0 heterocycles. The fraction of sp³-hybridized carbons (Fsp3) is 0.167. The lowest BCUT2D eigenvalue weighted by atomic mass is 10.1. The van der Waals surface area contributed by atoms with E-state index in [2.05, 4.69) is 15.4 Å². The van der Waals surface area contributed by atoms with Crippen LogP contribution in [0.4, 0.5) is 11.4 Å². The fourth-order valence-electron chi connectivity index (χ4n) is 2.98. The van der Waals surface area contributed by atoms with Crippen molar-refractivity contribution in [1.82, 2.24) is 5.32 Å². The van der Waals surface area contributed by atoms with E-state index >= 15 is 0 Å². The Morgan fingerprint density at radius 1 is 0.909 bits per heavy atom. The van der Waals surface area contributed by atoms with Crippen molar-refractivity contribution < 1.29 is 18.0 Å². The van der Waals surface area contributed by atoms with E-state index in [1.165, 1.54) is 30.3 Å². The molecule has 0 atom stereocenters. The number of sulfonamides is 1. The molecule has 9 heteroatoms. The zero-order valence-corrected chi connectivity index (χ0v) is 19.8. The third kappa shape index (κ3) is 6.12. The molecular formula is C24H24ClN3O4S. The van der Waals surface area contributed by atoms with Crippen LogP contribution in [0.15, 0.2) is 71.6 Å². The molecule has 0 spiro atoms. The van der Waals surface area contributed by atoms with Crippen LogP contribution in [0.25, 0.3) is 0 Å². The van der Waals surface area contributed by atoms with Crippen molar-refractivity contribution in [3.05, 3.63) is 88.4 Å².